The monoisotopic (exact) mass is 157 g/mol. The van der Waals surface area contributed by atoms with Crippen LogP contribution in [0.3, 0.4) is 0 Å². The van der Waals surface area contributed by atoms with E-state index < -0.39 is 0 Å². The third-order valence-corrected chi connectivity index (χ3v) is 1.20. The Balaban J connectivity index is 3.59. The van der Waals surface area contributed by atoms with E-state index in [-0.39, 0.29) is 6.04 Å². The molecule has 0 heterocycles. The molecule has 2 N–H and O–H groups in total. The zero-order valence-corrected chi connectivity index (χ0v) is 7.91. The summed E-state index contributed by atoms with van der Waals surface area (Å²) in [5, 5.41) is 0. The fourth-order valence-electron chi connectivity index (χ4n) is 0.762. The van der Waals surface area contributed by atoms with Crippen LogP contribution < -0.4 is 5.73 Å². The second-order valence-electron chi connectivity index (χ2n) is 3.18. The van der Waals surface area contributed by atoms with Gasteiger partial charge < -0.3 is 15.5 Å². The molecule has 0 aliphatic heterocycles. The lowest BCUT2D eigenvalue weighted by molar-refractivity contribution is 0.412. The van der Waals surface area contributed by atoms with E-state index in [9.17, 15) is 0 Å². The molecule has 0 saturated carbocycles. The Hall–Kier alpha value is -0.700. The molecule has 0 rings (SSSR count). The van der Waals surface area contributed by atoms with Gasteiger partial charge in [0.15, 0.2) is 0 Å². The molecular formula is C8H19N3. The summed E-state index contributed by atoms with van der Waals surface area (Å²) in [6.45, 7) is 2.89. The van der Waals surface area contributed by atoms with Gasteiger partial charge in [-0.25, -0.2) is 0 Å². The molecule has 0 saturated heterocycles. The molecule has 1 unspecified atom stereocenters. The predicted octanol–water partition coefficient (Wildman–Crippen LogP) is 0.298. The minimum Gasteiger partial charge on any atom is -0.382 e. The molecule has 11 heavy (non-hydrogen) atoms. The van der Waals surface area contributed by atoms with Gasteiger partial charge in [-0.3, -0.25) is 0 Å². The zero-order valence-electron chi connectivity index (χ0n) is 7.91. The van der Waals surface area contributed by atoms with Gasteiger partial charge in [-0.1, -0.05) is 0 Å². The van der Waals surface area contributed by atoms with E-state index in [0.29, 0.717) is 0 Å². The lowest BCUT2D eigenvalue weighted by Gasteiger charge is -2.17. The first-order valence-electron chi connectivity index (χ1n) is 3.83. The summed E-state index contributed by atoms with van der Waals surface area (Å²) in [7, 11) is 6.01. The Labute approximate surface area is 69.5 Å². The fourth-order valence-corrected chi connectivity index (χ4v) is 0.762. The van der Waals surface area contributed by atoms with Crippen molar-refractivity contribution >= 4 is 0 Å². The molecular weight excluding hydrogens is 138 g/mol. The van der Waals surface area contributed by atoms with E-state index in [0.717, 1.165) is 6.54 Å². The van der Waals surface area contributed by atoms with Gasteiger partial charge in [0.05, 0.1) is 0 Å². The van der Waals surface area contributed by atoms with Crippen LogP contribution in [0.5, 0.6) is 0 Å². The SMILES string of the molecule is CC(N)CN(C)/C=C\N(C)C. The summed E-state index contributed by atoms with van der Waals surface area (Å²) in [6.07, 6.45) is 4.02. The highest BCUT2D eigenvalue weighted by atomic mass is 15.1. The van der Waals surface area contributed by atoms with Gasteiger partial charge in [0.2, 0.25) is 0 Å². The van der Waals surface area contributed by atoms with Crippen molar-refractivity contribution in [1.82, 2.24) is 9.80 Å². The molecule has 1 atom stereocenters. The van der Waals surface area contributed by atoms with Crippen molar-refractivity contribution in [3.05, 3.63) is 12.4 Å². The van der Waals surface area contributed by atoms with Gasteiger partial charge in [-0.05, 0) is 6.92 Å². The summed E-state index contributed by atoms with van der Waals surface area (Å²) in [6, 6.07) is 0.229. The number of hydrogen-bond acceptors (Lipinski definition) is 3. The second kappa shape index (κ2) is 5.02. The quantitative estimate of drug-likeness (QED) is 0.637. The lowest BCUT2D eigenvalue weighted by Crippen LogP contribution is -2.29. The first-order valence-corrected chi connectivity index (χ1v) is 3.83. The molecule has 0 amide bonds. The van der Waals surface area contributed by atoms with Crippen LogP contribution in [0.15, 0.2) is 12.4 Å². The third-order valence-electron chi connectivity index (χ3n) is 1.20. The first-order chi connectivity index (χ1) is 5.02. The Morgan fingerprint density at radius 3 is 2.18 bits per heavy atom. The van der Waals surface area contributed by atoms with E-state index >= 15 is 0 Å². The minimum atomic E-state index is 0.229. The molecule has 0 aromatic carbocycles. The molecule has 3 heteroatoms. The number of rotatable bonds is 4. The highest BCUT2D eigenvalue weighted by Crippen LogP contribution is 1.87. The van der Waals surface area contributed by atoms with Gasteiger partial charge in [-0.15, -0.1) is 0 Å². The Morgan fingerprint density at radius 1 is 1.27 bits per heavy atom. The zero-order chi connectivity index (χ0) is 8.85. The average Bonchev–Trinajstić information content (AvgIpc) is 1.82. The smallest absolute Gasteiger partial charge is 0.0318 e. The van der Waals surface area contributed by atoms with Crippen molar-refractivity contribution in [2.45, 2.75) is 13.0 Å². The van der Waals surface area contributed by atoms with Gasteiger partial charge in [0.25, 0.3) is 0 Å². The van der Waals surface area contributed by atoms with Crippen molar-refractivity contribution in [3.63, 3.8) is 0 Å². The number of hydrogen-bond donors (Lipinski definition) is 1. The molecule has 0 aromatic rings. The van der Waals surface area contributed by atoms with Crippen LogP contribution in [0.4, 0.5) is 0 Å². The van der Waals surface area contributed by atoms with Gasteiger partial charge in [0.1, 0.15) is 0 Å². The van der Waals surface area contributed by atoms with Crippen LogP contribution in [-0.2, 0) is 0 Å². The van der Waals surface area contributed by atoms with E-state index in [2.05, 4.69) is 4.90 Å². The number of nitrogens with zero attached hydrogens (tertiary/aromatic N) is 2. The highest BCUT2D eigenvalue weighted by Gasteiger charge is 1.95. The molecule has 3 nitrogen and oxygen atoms in total. The van der Waals surface area contributed by atoms with E-state index in [1.807, 2.05) is 45.4 Å². The van der Waals surface area contributed by atoms with Crippen LogP contribution in [-0.4, -0.2) is 43.5 Å². The standard InChI is InChI=1S/C8H19N3/c1-8(9)7-11(4)6-5-10(2)3/h5-6,8H,7,9H2,1-4H3/b6-5-. The van der Waals surface area contributed by atoms with E-state index in [4.69, 9.17) is 5.73 Å². The highest BCUT2D eigenvalue weighted by molar-refractivity contribution is 4.79. The maximum atomic E-state index is 5.61. The molecule has 0 fully saturated rings. The molecule has 66 valence electrons. The molecule has 0 radical (unpaired) electrons. The molecule has 0 aliphatic rings. The van der Waals surface area contributed by atoms with E-state index in [1.165, 1.54) is 0 Å². The van der Waals surface area contributed by atoms with Crippen LogP contribution in [0.25, 0.3) is 0 Å². The summed E-state index contributed by atoms with van der Waals surface area (Å²) in [5.74, 6) is 0. The third kappa shape index (κ3) is 7.19. The summed E-state index contributed by atoms with van der Waals surface area (Å²) < 4.78 is 0. The molecule has 0 aliphatic carbocycles. The molecule has 0 bridgehead atoms. The maximum absolute atomic E-state index is 5.61. The summed E-state index contributed by atoms with van der Waals surface area (Å²) >= 11 is 0. The molecule has 0 spiro atoms. The second-order valence-corrected chi connectivity index (χ2v) is 3.18. The van der Waals surface area contributed by atoms with Crippen LogP contribution in [0.2, 0.25) is 0 Å². The van der Waals surface area contributed by atoms with Crippen molar-refractivity contribution in [2.24, 2.45) is 5.73 Å². The van der Waals surface area contributed by atoms with Crippen molar-refractivity contribution in [2.75, 3.05) is 27.7 Å². The Kier molecular flexibility index (Phi) is 4.70. The largest absolute Gasteiger partial charge is 0.382 e. The lowest BCUT2D eigenvalue weighted by atomic mass is 10.3. The number of likely N-dealkylation sites (N-methyl/N-ethyl adjacent to an activating group) is 1. The van der Waals surface area contributed by atoms with Gasteiger partial charge in [-0.2, -0.15) is 0 Å². The van der Waals surface area contributed by atoms with Crippen molar-refractivity contribution in [3.8, 4) is 0 Å². The Morgan fingerprint density at radius 2 is 1.82 bits per heavy atom. The average molecular weight is 157 g/mol. The fraction of sp³-hybridized carbons (Fsp3) is 0.750. The first kappa shape index (κ1) is 10.3. The van der Waals surface area contributed by atoms with Crippen molar-refractivity contribution in [1.29, 1.82) is 0 Å². The predicted molar refractivity (Wildman–Crippen MR) is 49.1 cm³/mol. The minimum absolute atomic E-state index is 0.229. The van der Waals surface area contributed by atoms with Gasteiger partial charge >= 0.3 is 0 Å². The van der Waals surface area contributed by atoms with E-state index in [1.54, 1.807) is 0 Å². The van der Waals surface area contributed by atoms with Crippen LogP contribution >= 0.6 is 0 Å². The van der Waals surface area contributed by atoms with Crippen LogP contribution in [0, 0.1) is 0 Å². The Bertz CT molecular complexity index is 119. The molecule has 0 aromatic heterocycles. The summed E-state index contributed by atoms with van der Waals surface area (Å²) in [4.78, 5) is 4.07. The van der Waals surface area contributed by atoms with Crippen molar-refractivity contribution < 1.29 is 0 Å². The van der Waals surface area contributed by atoms with Gasteiger partial charge in [0, 0.05) is 46.1 Å². The normalized spacial score (nSPS) is 13.5. The topological polar surface area (TPSA) is 32.5 Å². The summed E-state index contributed by atoms with van der Waals surface area (Å²) in [5.41, 5.74) is 5.61. The van der Waals surface area contributed by atoms with Crippen LogP contribution in [0.1, 0.15) is 6.92 Å². The number of nitrogens with two attached hydrogens (primary N) is 1. The maximum Gasteiger partial charge on any atom is 0.0318 e.